The Bertz CT molecular complexity index is 494. The summed E-state index contributed by atoms with van der Waals surface area (Å²) in [6.07, 6.45) is 0.295. The number of hydrogen-bond acceptors (Lipinski definition) is 3. The Morgan fingerprint density at radius 2 is 1.89 bits per heavy atom. The lowest BCUT2D eigenvalue weighted by Gasteiger charge is -2.02. The third kappa shape index (κ3) is 5.71. The van der Waals surface area contributed by atoms with E-state index in [4.69, 9.17) is 4.74 Å². The average molecular weight is 323 g/mol. The van der Waals surface area contributed by atoms with E-state index in [9.17, 15) is 9.59 Å². The Kier molecular flexibility index (Phi) is 6.91. The summed E-state index contributed by atoms with van der Waals surface area (Å²) in [6, 6.07) is 7.05. The summed E-state index contributed by atoms with van der Waals surface area (Å²) in [7, 11) is 0. The number of hydrogen-bond donors (Lipinski definition) is 0. The van der Waals surface area contributed by atoms with Crippen molar-refractivity contribution in [1.29, 1.82) is 0 Å². The number of ether oxygens (including phenoxy) is 1. The predicted octanol–water partition coefficient (Wildman–Crippen LogP) is 2.96. The van der Waals surface area contributed by atoms with Crippen LogP contribution < -0.4 is 0 Å². The van der Waals surface area contributed by atoms with Crippen LogP contribution in [0, 0.1) is 11.8 Å². The highest BCUT2D eigenvalue weighted by molar-refractivity contribution is 9.09. The third-order valence-corrected chi connectivity index (χ3v) is 2.65. The number of Topliss-reactive ketones (excluding diaryl/α,β-unsaturated/α-hetero) is 1. The zero-order valence-electron chi connectivity index (χ0n) is 10.7. The van der Waals surface area contributed by atoms with Gasteiger partial charge in [-0.1, -0.05) is 39.9 Å². The summed E-state index contributed by atoms with van der Waals surface area (Å²) in [6.45, 7) is 2.08. The van der Waals surface area contributed by atoms with Gasteiger partial charge in [0, 0.05) is 17.5 Å². The number of halogens is 1. The number of alkyl halides is 1. The quantitative estimate of drug-likeness (QED) is 0.362. The second kappa shape index (κ2) is 8.49. The van der Waals surface area contributed by atoms with E-state index in [1.165, 1.54) is 0 Å². The van der Waals surface area contributed by atoms with Gasteiger partial charge in [-0.05, 0) is 19.1 Å². The second-order valence-electron chi connectivity index (χ2n) is 3.74. The molecule has 0 heterocycles. The van der Waals surface area contributed by atoms with Crippen LogP contribution in [0.15, 0.2) is 24.3 Å². The lowest BCUT2D eigenvalue weighted by atomic mass is 10.0. The van der Waals surface area contributed by atoms with Crippen molar-refractivity contribution in [2.75, 3.05) is 11.9 Å². The van der Waals surface area contributed by atoms with E-state index in [0.29, 0.717) is 17.5 Å². The fourth-order valence-electron chi connectivity index (χ4n) is 1.47. The average Bonchev–Trinajstić information content (AvgIpc) is 2.43. The zero-order valence-corrected chi connectivity index (χ0v) is 12.3. The Hall–Kier alpha value is -1.60. The van der Waals surface area contributed by atoms with Gasteiger partial charge in [0.05, 0.1) is 18.4 Å². The van der Waals surface area contributed by atoms with Crippen LogP contribution in [0.5, 0.6) is 0 Å². The lowest BCUT2D eigenvalue weighted by molar-refractivity contribution is -0.143. The first-order chi connectivity index (χ1) is 9.17. The van der Waals surface area contributed by atoms with E-state index in [1.807, 2.05) is 0 Å². The first-order valence-electron chi connectivity index (χ1n) is 6.01. The first-order valence-corrected chi connectivity index (χ1v) is 7.13. The van der Waals surface area contributed by atoms with Gasteiger partial charge in [-0.25, -0.2) is 0 Å². The van der Waals surface area contributed by atoms with Crippen LogP contribution in [-0.2, 0) is 9.53 Å². The van der Waals surface area contributed by atoms with Gasteiger partial charge in [0.2, 0.25) is 0 Å². The lowest BCUT2D eigenvalue weighted by Crippen LogP contribution is -2.07. The number of carbonyl (C=O) groups is 2. The van der Waals surface area contributed by atoms with Gasteiger partial charge in [0.1, 0.15) is 0 Å². The number of rotatable bonds is 5. The van der Waals surface area contributed by atoms with Crippen LogP contribution in [0.25, 0.3) is 0 Å². The van der Waals surface area contributed by atoms with Gasteiger partial charge in [0.25, 0.3) is 0 Å². The topological polar surface area (TPSA) is 43.4 Å². The Morgan fingerprint density at radius 1 is 1.21 bits per heavy atom. The summed E-state index contributed by atoms with van der Waals surface area (Å²) in [5, 5.41) is 0.618. The van der Waals surface area contributed by atoms with Gasteiger partial charge in [-0.15, -0.1) is 0 Å². The Labute approximate surface area is 121 Å². The van der Waals surface area contributed by atoms with Crippen molar-refractivity contribution in [2.45, 2.75) is 19.8 Å². The summed E-state index contributed by atoms with van der Waals surface area (Å²) >= 11 is 3.22. The van der Waals surface area contributed by atoms with Crippen molar-refractivity contribution in [3.8, 4) is 11.8 Å². The van der Waals surface area contributed by atoms with Gasteiger partial charge in [-0.3, -0.25) is 9.59 Å². The molecule has 0 atom stereocenters. The maximum absolute atomic E-state index is 11.8. The van der Waals surface area contributed by atoms with Crippen molar-refractivity contribution in [3.63, 3.8) is 0 Å². The zero-order chi connectivity index (χ0) is 14.1. The Balaban J connectivity index is 2.55. The maximum atomic E-state index is 11.8. The molecule has 4 heteroatoms. The summed E-state index contributed by atoms with van der Waals surface area (Å²) < 4.78 is 4.78. The smallest absolute Gasteiger partial charge is 0.306 e. The molecule has 0 amide bonds. The molecule has 19 heavy (non-hydrogen) atoms. The monoisotopic (exact) mass is 322 g/mol. The normalized spacial score (nSPS) is 9.37. The molecule has 3 nitrogen and oxygen atoms in total. The highest BCUT2D eigenvalue weighted by Crippen LogP contribution is 2.08. The minimum Gasteiger partial charge on any atom is -0.466 e. The molecule has 0 saturated carbocycles. The minimum absolute atomic E-state index is 0.0620. The van der Waals surface area contributed by atoms with Gasteiger partial charge >= 0.3 is 5.97 Å². The SMILES string of the molecule is CCOC(=O)CCC(=O)c1ccc(C#CCBr)cc1. The number of carbonyl (C=O) groups excluding carboxylic acids is 2. The molecule has 1 rings (SSSR count). The van der Waals surface area contributed by atoms with Crippen molar-refractivity contribution >= 4 is 27.7 Å². The van der Waals surface area contributed by atoms with E-state index >= 15 is 0 Å². The number of ketones is 1. The minimum atomic E-state index is -0.337. The molecule has 0 saturated heterocycles. The predicted molar refractivity (Wildman–Crippen MR) is 77.3 cm³/mol. The molecule has 0 bridgehead atoms. The maximum Gasteiger partial charge on any atom is 0.306 e. The molecule has 0 spiro atoms. The standard InChI is InChI=1S/C15H15BrO3/c1-2-19-15(18)10-9-14(17)13-7-5-12(6-8-13)4-3-11-16/h5-8H,2,9-11H2,1H3. The molecule has 0 aromatic heterocycles. The second-order valence-corrected chi connectivity index (χ2v) is 4.30. The molecule has 0 radical (unpaired) electrons. The van der Waals surface area contributed by atoms with E-state index in [0.717, 1.165) is 5.56 Å². The molecule has 0 N–H and O–H groups in total. The molecule has 0 unspecified atom stereocenters. The molecular formula is C15H15BrO3. The summed E-state index contributed by atoms with van der Waals surface area (Å²) in [4.78, 5) is 23.0. The van der Waals surface area contributed by atoms with Crippen LogP contribution in [0.3, 0.4) is 0 Å². The van der Waals surface area contributed by atoms with Crippen molar-refractivity contribution < 1.29 is 14.3 Å². The van der Waals surface area contributed by atoms with Crippen molar-refractivity contribution in [2.24, 2.45) is 0 Å². The van der Waals surface area contributed by atoms with Gasteiger partial charge in [-0.2, -0.15) is 0 Å². The fourth-order valence-corrected chi connectivity index (χ4v) is 1.61. The highest BCUT2D eigenvalue weighted by Gasteiger charge is 2.09. The summed E-state index contributed by atoms with van der Waals surface area (Å²) in [5.74, 6) is 5.43. The third-order valence-electron chi connectivity index (χ3n) is 2.37. The molecule has 1 aromatic rings. The molecule has 100 valence electrons. The van der Waals surface area contributed by atoms with Crippen molar-refractivity contribution in [1.82, 2.24) is 0 Å². The largest absolute Gasteiger partial charge is 0.466 e. The van der Waals surface area contributed by atoms with Crippen molar-refractivity contribution in [3.05, 3.63) is 35.4 Å². The van der Waals surface area contributed by atoms with E-state index in [-0.39, 0.29) is 24.6 Å². The Morgan fingerprint density at radius 3 is 2.47 bits per heavy atom. The fraction of sp³-hybridized carbons (Fsp3) is 0.333. The summed E-state index contributed by atoms with van der Waals surface area (Å²) in [5.41, 5.74) is 1.45. The first kappa shape index (κ1) is 15.5. The van der Waals surface area contributed by atoms with Crippen LogP contribution >= 0.6 is 15.9 Å². The van der Waals surface area contributed by atoms with Crippen LogP contribution in [0.4, 0.5) is 0 Å². The molecule has 1 aromatic carbocycles. The molecule has 0 aliphatic rings. The number of benzene rings is 1. The molecular weight excluding hydrogens is 308 g/mol. The van der Waals surface area contributed by atoms with Gasteiger partial charge in [0.15, 0.2) is 5.78 Å². The van der Waals surface area contributed by atoms with Crippen LogP contribution in [0.1, 0.15) is 35.7 Å². The van der Waals surface area contributed by atoms with E-state index < -0.39 is 0 Å². The van der Waals surface area contributed by atoms with Gasteiger partial charge < -0.3 is 4.74 Å². The molecule has 0 fully saturated rings. The molecule has 0 aliphatic carbocycles. The van der Waals surface area contributed by atoms with E-state index in [2.05, 4.69) is 27.8 Å². The van der Waals surface area contributed by atoms with E-state index in [1.54, 1.807) is 31.2 Å². The number of esters is 1. The highest BCUT2D eigenvalue weighted by atomic mass is 79.9. The molecule has 0 aliphatic heterocycles. The van der Waals surface area contributed by atoms with Crippen LogP contribution in [0.2, 0.25) is 0 Å². The van der Waals surface area contributed by atoms with Crippen LogP contribution in [-0.4, -0.2) is 23.7 Å².